The number of hydrogen-bond acceptors (Lipinski definition) is 4. The molecule has 0 spiro atoms. The molecule has 2 amide bonds. The second-order valence-electron chi connectivity index (χ2n) is 5.37. The summed E-state index contributed by atoms with van der Waals surface area (Å²) in [5.41, 5.74) is 3.46. The Morgan fingerprint density at radius 2 is 1.88 bits per heavy atom. The van der Waals surface area contributed by atoms with Gasteiger partial charge in [-0.3, -0.25) is 9.59 Å². The van der Waals surface area contributed by atoms with Gasteiger partial charge in [-0.15, -0.1) is 0 Å². The highest BCUT2D eigenvalue weighted by Crippen LogP contribution is 2.13. The van der Waals surface area contributed by atoms with Crippen LogP contribution in [0.1, 0.15) is 29.3 Å². The van der Waals surface area contributed by atoms with E-state index in [1.165, 1.54) is 6.21 Å². The van der Waals surface area contributed by atoms with Gasteiger partial charge in [0.25, 0.3) is 11.8 Å². The Balaban J connectivity index is 1.77. The van der Waals surface area contributed by atoms with Gasteiger partial charge in [-0.25, -0.2) is 5.43 Å². The van der Waals surface area contributed by atoms with Crippen LogP contribution in [0.25, 0.3) is 0 Å². The fourth-order valence-corrected chi connectivity index (χ4v) is 2.16. The smallest absolute Gasteiger partial charge is 0.259 e. The molecular formula is C19H20ClN3O3. The van der Waals surface area contributed by atoms with Crippen LogP contribution in [0.5, 0.6) is 5.75 Å². The molecule has 2 aromatic carbocycles. The van der Waals surface area contributed by atoms with E-state index in [0.717, 1.165) is 6.42 Å². The summed E-state index contributed by atoms with van der Waals surface area (Å²) in [5.74, 6) is -0.0862. The fourth-order valence-electron chi connectivity index (χ4n) is 1.98. The molecular weight excluding hydrogens is 354 g/mol. The molecule has 0 atom stereocenters. The summed E-state index contributed by atoms with van der Waals surface area (Å²) in [7, 11) is 0. The van der Waals surface area contributed by atoms with E-state index in [1.807, 2.05) is 13.0 Å². The van der Waals surface area contributed by atoms with Crippen LogP contribution in [-0.4, -0.2) is 31.2 Å². The molecule has 6 nitrogen and oxygen atoms in total. The summed E-state index contributed by atoms with van der Waals surface area (Å²) < 4.78 is 5.46. The van der Waals surface area contributed by atoms with Crippen molar-refractivity contribution in [3.8, 4) is 5.75 Å². The van der Waals surface area contributed by atoms with E-state index in [4.69, 9.17) is 16.3 Å². The zero-order valence-corrected chi connectivity index (χ0v) is 15.1. The lowest BCUT2D eigenvalue weighted by Gasteiger charge is -2.07. The van der Waals surface area contributed by atoms with E-state index >= 15 is 0 Å². The maximum Gasteiger partial charge on any atom is 0.259 e. The average molecular weight is 374 g/mol. The largest absolute Gasteiger partial charge is 0.494 e. The predicted molar refractivity (Wildman–Crippen MR) is 102 cm³/mol. The van der Waals surface area contributed by atoms with E-state index in [-0.39, 0.29) is 12.5 Å². The zero-order valence-electron chi connectivity index (χ0n) is 14.4. The molecule has 0 saturated heterocycles. The number of rotatable bonds is 8. The molecule has 26 heavy (non-hydrogen) atoms. The van der Waals surface area contributed by atoms with Crippen LogP contribution in [0.4, 0.5) is 0 Å². The van der Waals surface area contributed by atoms with Crippen molar-refractivity contribution >= 4 is 29.6 Å². The first kappa shape index (κ1) is 19.5. The fraction of sp³-hybridized carbons (Fsp3) is 0.211. The molecule has 0 fully saturated rings. The number of carbonyl (C=O) groups is 2. The quantitative estimate of drug-likeness (QED) is 0.551. The maximum absolute atomic E-state index is 12.0. The number of ether oxygens (including phenoxy) is 1. The minimum atomic E-state index is -0.440. The lowest BCUT2D eigenvalue weighted by Crippen LogP contribution is -2.34. The van der Waals surface area contributed by atoms with Gasteiger partial charge in [-0.1, -0.05) is 36.7 Å². The van der Waals surface area contributed by atoms with E-state index in [2.05, 4.69) is 15.8 Å². The second-order valence-corrected chi connectivity index (χ2v) is 5.78. The van der Waals surface area contributed by atoms with Gasteiger partial charge < -0.3 is 10.1 Å². The molecule has 0 aliphatic heterocycles. The second kappa shape index (κ2) is 10.2. The standard InChI is InChI=1S/C19H20ClN3O3/c1-2-11-26-16-9-7-14(8-10-16)19(25)21-13-18(24)23-22-12-15-5-3-4-6-17(15)20/h3-10,12H,2,11,13H2,1H3,(H,21,25)(H,23,24)/b22-12-. The lowest BCUT2D eigenvalue weighted by molar-refractivity contribution is -0.120. The van der Waals surface area contributed by atoms with Crippen molar-refractivity contribution in [1.29, 1.82) is 0 Å². The Morgan fingerprint density at radius 3 is 2.58 bits per heavy atom. The normalized spacial score (nSPS) is 10.5. The van der Waals surface area contributed by atoms with E-state index in [1.54, 1.807) is 42.5 Å². The predicted octanol–water partition coefficient (Wildman–Crippen LogP) is 3.01. The zero-order chi connectivity index (χ0) is 18.8. The molecule has 0 radical (unpaired) electrons. The molecule has 0 unspecified atom stereocenters. The lowest BCUT2D eigenvalue weighted by atomic mass is 10.2. The van der Waals surface area contributed by atoms with Crippen LogP contribution in [0, 0.1) is 0 Å². The van der Waals surface area contributed by atoms with Crippen LogP contribution < -0.4 is 15.5 Å². The third-order valence-electron chi connectivity index (χ3n) is 3.30. The molecule has 0 aromatic heterocycles. The molecule has 0 saturated carbocycles. The summed E-state index contributed by atoms with van der Waals surface area (Å²) >= 11 is 5.98. The first-order valence-corrected chi connectivity index (χ1v) is 8.55. The van der Waals surface area contributed by atoms with Gasteiger partial charge in [0.05, 0.1) is 19.4 Å². The van der Waals surface area contributed by atoms with Gasteiger partial charge >= 0.3 is 0 Å². The minimum Gasteiger partial charge on any atom is -0.494 e. The van der Waals surface area contributed by atoms with Gasteiger partial charge in [0.15, 0.2) is 0 Å². The molecule has 0 aliphatic carbocycles. The monoisotopic (exact) mass is 373 g/mol. The summed E-state index contributed by atoms with van der Waals surface area (Å²) in [6.45, 7) is 2.46. The van der Waals surface area contributed by atoms with Crippen LogP contribution >= 0.6 is 11.6 Å². The number of carbonyl (C=O) groups excluding carboxylic acids is 2. The number of nitrogens with zero attached hydrogens (tertiary/aromatic N) is 1. The van der Waals surface area contributed by atoms with Crippen LogP contribution in [0.15, 0.2) is 53.6 Å². The summed E-state index contributed by atoms with van der Waals surface area (Å²) in [6.07, 6.45) is 2.35. The molecule has 0 heterocycles. The van der Waals surface area contributed by atoms with Crippen molar-refractivity contribution in [3.63, 3.8) is 0 Å². The number of halogens is 1. The number of hydrogen-bond donors (Lipinski definition) is 2. The number of amides is 2. The summed E-state index contributed by atoms with van der Waals surface area (Å²) in [5, 5.41) is 6.88. The highest BCUT2D eigenvalue weighted by Gasteiger charge is 2.08. The number of nitrogens with one attached hydrogen (secondary N) is 2. The molecule has 2 aromatic rings. The van der Waals surface area contributed by atoms with Crippen molar-refractivity contribution < 1.29 is 14.3 Å². The van der Waals surface area contributed by atoms with E-state index < -0.39 is 5.91 Å². The summed E-state index contributed by atoms with van der Waals surface area (Å²) in [6, 6.07) is 13.8. The number of hydrazone groups is 1. The first-order chi connectivity index (χ1) is 12.6. The molecule has 2 rings (SSSR count). The Hall–Kier alpha value is -2.86. The van der Waals surface area contributed by atoms with E-state index in [0.29, 0.717) is 28.5 Å². The third-order valence-corrected chi connectivity index (χ3v) is 3.64. The first-order valence-electron chi connectivity index (χ1n) is 8.17. The Bertz CT molecular complexity index is 776. The van der Waals surface area contributed by atoms with Crippen molar-refractivity contribution in [2.45, 2.75) is 13.3 Å². The van der Waals surface area contributed by atoms with E-state index in [9.17, 15) is 9.59 Å². The van der Waals surface area contributed by atoms with Gasteiger partial charge in [0.1, 0.15) is 5.75 Å². The average Bonchev–Trinajstić information content (AvgIpc) is 2.66. The van der Waals surface area contributed by atoms with Crippen LogP contribution in [-0.2, 0) is 4.79 Å². The van der Waals surface area contributed by atoms with Gasteiger partial charge in [-0.05, 0) is 36.8 Å². The van der Waals surface area contributed by atoms with Crippen molar-refractivity contribution in [1.82, 2.24) is 10.7 Å². The van der Waals surface area contributed by atoms with Gasteiger partial charge in [0, 0.05) is 16.1 Å². The topological polar surface area (TPSA) is 79.8 Å². The highest BCUT2D eigenvalue weighted by molar-refractivity contribution is 6.33. The SMILES string of the molecule is CCCOc1ccc(C(=O)NCC(=O)N/N=C\c2ccccc2Cl)cc1. The molecule has 7 heteroatoms. The Labute approximate surface area is 157 Å². The molecule has 136 valence electrons. The van der Waals surface area contributed by atoms with Crippen molar-refractivity contribution in [2.75, 3.05) is 13.2 Å². The minimum absolute atomic E-state index is 0.188. The Morgan fingerprint density at radius 1 is 1.15 bits per heavy atom. The molecule has 0 bridgehead atoms. The highest BCUT2D eigenvalue weighted by atomic mass is 35.5. The third kappa shape index (κ3) is 6.22. The summed E-state index contributed by atoms with van der Waals surface area (Å²) in [4.78, 5) is 23.8. The molecule has 0 aliphatic rings. The van der Waals surface area contributed by atoms with Gasteiger partial charge in [0.2, 0.25) is 0 Å². The van der Waals surface area contributed by atoms with Crippen molar-refractivity contribution in [2.24, 2.45) is 5.10 Å². The van der Waals surface area contributed by atoms with Gasteiger partial charge in [-0.2, -0.15) is 5.10 Å². The maximum atomic E-state index is 12.0. The number of benzene rings is 2. The van der Waals surface area contributed by atoms with Crippen LogP contribution in [0.3, 0.4) is 0 Å². The van der Waals surface area contributed by atoms with Crippen LogP contribution in [0.2, 0.25) is 5.02 Å². The molecule has 2 N–H and O–H groups in total. The Kier molecular flexibility index (Phi) is 7.64. The van der Waals surface area contributed by atoms with Crippen molar-refractivity contribution in [3.05, 3.63) is 64.7 Å².